The second-order valence-electron chi connectivity index (χ2n) is 8.67. The zero-order valence-electron chi connectivity index (χ0n) is 18.8. The van der Waals surface area contributed by atoms with Crippen LogP contribution in [0.4, 0.5) is 17.6 Å². The third kappa shape index (κ3) is 4.32. The predicted molar refractivity (Wildman–Crippen MR) is 131 cm³/mol. The maximum atomic E-state index is 14.5. The molecule has 0 saturated carbocycles. The third-order valence-corrected chi connectivity index (χ3v) is 6.29. The van der Waals surface area contributed by atoms with Gasteiger partial charge in [-0.3, -0.25) is 0 Å². The normalized spacial score (nSPS) is 13.8. The first kappa shape index (κ1) is 24.2. The molecule has 9 heteroatoms. The maximum absolute atomic E-state index is 14.5. The Hall–Kier alpha value is -3.47. The Morgan fingerprint density at radius 2 is 1.78 bits per heavy atom. The number of hydrogen-bond donors (Lipinski definition) is 1. The minimum atomic E-state index is -4.59. The van der Waals surface area contributed by atoms with E-state index < -0.39 is 23.2 Å². The minimum absolute atomic E-state index is 0.0249. The summed E-state index contributed by atoms with van der Waals surface area (Å²) < 4.78 is 60.9. The van der Waals surface area contributed by atoms with Crippen molar-refractivity contribution in [3.05, 3.63) is 92.8 Å². The Bertz CT molecular complexity index is 1560. The molecule has 1 aromatic heterocycles. The fourth-order valence-electron chi connectivity index (χ4n) is 4.05. The summed E-state index contributed by atoms with van der Waals surface area (Å²) in [7, 11) is 0. The van der Waals surface area contributed by atoms with Crippen molar-refractivity contribution >= 4 is 23.2 Å². The van der Waals surface area contributed by atoms with E-state index in [0.29, 0.717) is 28.3 Å². The Morgan fingerprint density at radius 1 is 1.00 bits per heavy atom. The number of nitrogens with zero attached hydrogens (tertiary/aromatic N) is 1. The van der Waals surface area contributed by atoms with Crippen LogP contribution in [0.25, 0.3) is 22.6 Å². The van der Waals surface area contributed by atoms with Crippen molar-refractivity contribution in [2.45, 2.75) is 25.6 Å². The fraction of sp³-hybridized carbons (Fsp3) is 0.148. The van der Waals surface area contributed by atoms with Crippen molar-refractivity contribution in [1.29, 1.82) is 0 Å². The van der Waals surface area contributed by atoms with Crippen molar-refractivity contribution in [2.24, 2.45) is 0 Å². The largest absolute Gasteiger partial charge is 0.481 e. The molecule has 4 aromatic rings. The number of alkyl halides is 3. The number of H-pyrrole nitrogens is 1. The molecule has 0 atom stereocenters. The van der Waals surface area contributed by atoms with Crippen LogP contribution in [0.3, 0.4) is 0 Å². The molecule has 5 rings (SSSR count). The summed E-state index contributed by atoms with van der Waals surface area (Å²) in [5.74, 6) is 5.55. The number of halogens is 6. The first-order valence-electron chi connectivity index (χ1n) is 10.7. The number of rotatable bonds is 1. The lowest BCUT2D eigenvalue weighted by Crippen LogP contribution is -2.29. The number of hydrogen-bond acceptors (Lipinski definition) is 2. The van der Waals surface area contributed by atoms with E-state index in [2.05, 4.69) is 21.8 Å². The summed E-state index contributed by atoms with van der Waals surface area (Å²) in [6, 6.07) is 12.8. The van der Waals surface area contributed by atoms with Gasteiger partial charge in [0.2, 0.25) is 0 Å². The predicted octanol–water partition coefficient (Wildman–Crippen LogP) is 8.24. The van der Waals surface area contributed by atoms with Gasteiger partial charge in [0.1, 0.15) is 23.0 Å². The van der Waals surface area contributed by atoms with Gasteiger partial charge in [0.25, 0.3) is 0 Å². The molecule has 1 N–H and O–H groups in total. The van der Waals surface area contributed by atoms with E-state index in [9.17, 15) is 17.6 Å². The highest BCUT2D eigenvalue weighted by atomic mass is 35.5. The van der Waals surface area contributed by atoms with E-state index in [1.807, 2.05) is 13.8 Å². The number of aromatic amines is 1. The van der Waals surface area contributed by atoms with Crippen LogP contribution in [-0.2, 0) is 11.8 Å². The smallest absolute Gasteiger partial charge is 0.417 e. The number of aromatic nitrogens is 2. The molecule has 2 heterocycles. The Kier molecular flexibility index (Phi) is 5.77. The van der Waals surface area contributed by atoms with E-state index in [0.717, 1.165) is 6.07 Å². The van der Waals surface area contributed by atoms with E-state index >= 15 is 0 Å². The van der Waals surface area contributed by atoms with Crippen LogP contribution in [0.2, 0.25) is 10.0 Å². The molecular formula is C27H16Cl2F4N2O. The molecule has 3 aromatic carbocycles. The summed E-state index contributed by atoms with van der Waals surface area (Å²) >= 11 is 12.0. The molecule has 1 aliphatic rings. The first-order chi connectivity index (χ1) is 16.9. The van der Waals surface area contributed by atoms with Gasteiger partial charge in [-0.15, -0.1) is 0 Å². The van der Waals surface area contributed by atoms with E-state index in [1.165, 1.54) is 24.3 Å². The lowest BCUT2D eigenvalue weighted by Gasteiger charge is -2.31. The van der Waals surface area contributed by atoms with Gasteiger partial charge >= 0.3 is 6.18 Å². The van der Waals surface area contributed by atoms with Crippen molar-refractivity contribution in [1.82, 2.24) is 9.97 Å². The third-order valence-electron chi connectivity index (χ3n) is 5.74. The quantitative estimate of drug-likeness (QED) is 0.199. The summed E-state index contributed by atoms with van der Waals surface area (Å²) in [5.41, 5.74) is 0.474. The summed E-state index contributed by atoms with van der Waals surface area (Å²) in [5, 5.41) is 0.189. The molecule has 0 amide bonds. The number of benzene rings is 3. The molecule has 182 valence electrons. The summed E-state index contributed by atoms with van der Waals surface area (Å²) in [4.78, 5) is 7.76. The van der Waals surface area contributed by atoms with Crippen LogP contribution in [0.5, 0.6) is 5.75 Å². The average Bonchev–Trinajstić information content (AvgIpc) is 3.23. The first-order valence-corrected chi connectivity index (χ1v) is 11.5. The molecule has 36 heavy (non-hydrogen) atoms. The van der Waals surface area contributed by atoms with E-state index in [-0.39, 0.29) is 27.0 Å². The lowest BCUT2D eigenvalue weighted by atomic mass is 9.94. The molecule has 0 radical (unpaired) electrons. The van der Waals surface area contributed by atoms with Gasteiger partial charge in [0.15, 0.2) is 0 Å². The zero-order chi connectivity index (χ0) is 25.8. The number of ether oxygens (including phenoxy) is 1. The van der Waals surface area contributed by atoms with Gasteiger partial charge in [0, 0.05) is 21.7 Å². The minimum Gasteiger partial charge on any atom is -0.481 e. The highest BCUT2D eigenvalue weighted by molar-refractivity contribution is 6.33. The Balaban J connectivity index is 1.57. The molecule has 0 bridgehead atoms. The second kappa shape index (κ2) is 8.58. The number of imidazole rings is 1. The van der Waals surface area contributed by atoms with Gasteiger partial charge in [0.05, 0.1) is 27.5 Å². The number of fused-ring (bicyclic) bond motifs is 3. The van der Waals surface area contributed by atoms with Gasteiger partial charge in [-0.05, 0) is 62.4 Å². The molecule has 0 saturated heterocycles. The number of nitrogens with one attached hydrogen (secondary N) is 1. The van der Waals surface area contributed by atoms with Crippen LogP contribution in [0, 0.1) is 17.7 Å². The SMILES string of the molecule is CC1(C)Oc2cc(C#Cc3ccc(Cl)cc3C(F)(F)F)ccc2-c2nc(-c3c(F)cccc3Cl)[nH]c21. The Labute approximate surface area is 214 Å². The van der Waals surface area contributed by atoms with Crippen molar-refractivity contribution in [3.63, 3.8) is 0 Å². The Morgan fingerprint density at radius 3 is 2.50 bits per heavy atom. The van der Waals surface area contributed by atoms with E-state index in [4.69, 9.17) is 27.9 Å². The van der Waals surface area contributed by atoms with Gasteiger partial charge in [-0.2, -0.15) is 13.2 Å². The highest BCUT2D eigenvalue weighted by Crippen LogP contribution is 2.45. The topological polar surface area (TPSA) is 37.9 Å². The molecule has 0 unspecified atom stereocenters. The molecule has 3 nitrogen and oxygen atoms in total. The second-order valence-corrected chi connectivity index (χ2v) is 9.51. The van der Waals surface area contributed by atoms with Crippen molar-refractivity contribution in [2.75, 3.05) is 0 Å². The van der Waals surface area contributed by atoms with E-state index in [1.54, 1.807) is 24.3 Å². The van der Waals surface area contributed by atoms with Crippen molar-refractivity contribution in [3.8, 4) is 40.2 Å². The maximum Gasteiger partial charge on any atom is 0.417 e. The highest BCUT2D eigenvalue weighted by Gasteiger charge is 2.37. The standard InChI is InChI=1S/C27H16Cl2F4N2O/c1-26(2)24-23(34-25(35-24)22-19(29)4-3-5-20(22)30)17-11-7-14(12-21(17)36-26)6-8-15-9-10-16(28)13-18(15)27(31,32)33/h3-5,7,9-13H,1-2H3,(H,34,35). The van der Waals surface area contributed by atoms with Crippen LogP contribution in [0.15, 0.2) is 54.6 Å². The monoisotopic (exact) mass is 530 g/mol. The van der Waals surface area contributed by atoms with Gasteiger partial charge < -0.3 is 9.72 Å². The molecule has 0 spiro atoms. The summed E-state index contributed by atoms with van der Waals surface area (Å²) in [6.07, 6.45) is -4.59. The van der Waals surface area contributed by atoms with Gasteiger partial charge in [-0.25, -0.2) is 9.37 Å². The molecule has 0 fully saturated rings. The van der Waals surface area contributed by atoms with Gasteiger partial charge in [-0.1, -0.05) is 41.1 Å². The zero-order valence-corrected chi connectivity index (χ0v) is 20.3. The molecule has 1 aliphatic heterocycles. The van der Waals surface area contributed by atoms with Crippen molar-refractivity contribution < 1.29 is 22.3 Å². The van der Waals surface area contributed by atoms with Crippen LogP contribution < -0.4 is 4.74 Å². The molecular weight excluding hydrogens is 515 g/mol. The fourth-order valence-corrected chi connectivity index (χ4v) is 4.48. The molecule has 0 aliphatic carbocycles. The average molecular weight is 531 g/mol. The van der Waals surface area contributed by atoms with Crippen LogP contribution in [0.1, 0.15) is 36.2 Å². The summed E-state index contributed by atoms with van der Waals surface area (Å²) in [6.45, 7) is 3.64. The van der Waals surface area contributed by atoms with Crippen LogP contribution >= 0.6 is 23.2 Å². The van der Waals surface area contributed by atoms with Crippen LogP contribution in [-0.4, -0.2) is 9.97 Å². The lowest BCUT2D eigenvalue weighted by molar-refractivity contribution is -0.137.